The van der Waals surface area contributed by atoms with Crippen molar-refractivity contribution in [1.29, 1.82) is 0 Å². The highest BCUT2D eigenvalue weighted by atomic mass is 14.7. The number of fused-ring (bicyclic) bond motifs is 3. The van der Waals surface area contributed by atoms with Gasteiger partial charge in [0, 0.05) is 23.2 Å². The fourth-order valence-corrected chi connectivity index (χ4v) is 3.54. The maximum Gasteiger partial charge on any atom is 0.0970 e. The Kier molecular flexibility index (Phi) is 4.80. The summed E-state index contributed by atoms with van der Waals surface area (Å²) in [5, 5.41) is 2.27. The van der Waals surface area contributed by atoms with E-state index in [9.17, 15) is 0 Å². The summed E-state index contributed by atoms with van der Waals surface area (Å²) in [6.07, 6.45) is 11.3. The van der Waals surface area contributed by atoms with Crippen LogP contribution >= 0.6 is 0 Å². The maximum atomic E-state index is 4.69. The third kappa shape index (κ3) is 3.15. The summed E-state index contributed by atoms with van der Waals surface area (Å²) < 4.78 is 0. The van der Waals surface area contributed by atoms with Crippen LogP contribution in [0.25, 0.3) is 38.5 Å². The van der Waals surface area contributed by atoms with Gasteiger partial charge in [0.25, 0.3) is 0 Å². The van der Waals surface area contributed by atoms with Crippen LogP contribution in [0.4, 0.5) is 0 Å². The zero-order valence-corrected chi connectivity index (χ0v) is 15.7. The summed E-state index contributed by atoms with van der Waals surface area (Å²) in [6, 6.07) is 19.0. The molecule has 0 saturated heterocycles. The third-order valence-electron chi connectivity index (χ3n) is 4.86. The zero-order valence-electron chi connectivity index (χ0n) is 15.7. The van der Waals surface area contributed by atoms with Gasteiger partial charge in [0.05, 0.1) is 11.0 Å². The predicted molar refractivity (Wildman–Crippen MR) is 116 cm³/mol. The van der Waals surface area contributed by atoms with Crippen molar-refractivity contribution in [3.05, 3.63) is 90.8 Å². The Bertz CT molecular complexity index is 1160. The van der Waals surface area contributed by atoms with Crippen LogP contribution in [-0.4, -0.2) is 9.97 Å². The van der Waals surface area contributed by atoms with Crippen LogP contribution in [-0.2, 0) is 0 Å². The molecule has 2 heteroatoms. The van der Waals surface area contributed by atoms with Gasteiger partial charge in [-0.3, -0.25) is 9.97 Å². The highest BCUT2D eigenvalue weighted by Gasteiger charge is 2.11. The van der Waals surface area contributed by atoms with E-state index in [4.69, 9.17) is 0 Å². The molecule has 0 saturated carbocycles. The average Bonchev–Trinajstić information content (AvgIpc) is 2.74. The molecule has 0 fully saturated rings. The molecule has 0 aliphatic rings. The summed E-state index contributed by atoms with van der Waals surface area (Å²) in [6.45, 7) is 4.23. The van der Waals surface area contributed by atoms with Crippen molar-refractivity contribution >= 4 is 27.4 Å². The molecule has 2 aromatic heterocycles. The van der Waals surface area contributed by atoms with Crippen LogP contribution in [0, 0.1) is 0 Å². The highest BCUT2D eigenvalue weighted by molar-refractivity contribution is 6.10. The van der Waals surface area contributed by atoms with Gasteiger partial charge in [-0.1, -0.05) is 67.6 Å². The predicted octanol–water partition coefficient (Wildman–Crippen LogP) is 6.82. The van der Waals surface area contributed by atoms with Crippen molar-refractivity contribution in [2.24, 2.45) is 0 Å². The Morgan fingerprint density at radius 2 is 1.56 bits per heavy atom. The number of pyridine rings is 2. The molecule has 0 radical (unpaired) electrons. The summed E-state index contributed by atoms with van der Waals surface area (Å²) in [4.78, 5) is 9.37. The molecule has 0 unspecified atom stereocenters. The average molecular weight is 350 g/mol. The molecule has 0 spiro atoms. The Hall–Kier alpha value is -3.26. The zero-order chi connectivity index (χ0) is 18.6. The quantitative estimate of drug-likeness (QED) is 0.298. The van der Waals surface area contributed by atoms with Gasteiger partial charge >= 0.3 is 0 Å². The first-order valence-corrected chi connectivity index (χ1v) is 9.38. The molecular weight excluding hydrogens is 328 g/mol. The van der Waals surface area contributed by atoms with Crippen molar-refractivity contribution in [2.45, 2.75) is 20.3 Å². The van der Waals surface area contributed by atoms with Crippen molar-refractivity contribution in [3.63, 3.8) is 0 Å². The normalized spacial score (nSPS) is 12.3. The first kappa shape index (κ1) is 17.2. The molecular formula is C25H22N2. The molecule has 0 aliphatic carbocycles. The van der Waals surface area contributed by atoms with E-state index in [0.717, 1.165) is 28.2 Å². The minimum atomic E-state index is 0.950. The number of hydrogen-bond acceptors (Lipinski definition) is 2. The Balaban J connectivity index is 1.99. The van der Waals surface area contributed by atoms with E-state index in [1.54, 1.807) is 0 Å². The van der Waals surface area contributed by atoms with Gasteiger partial charge in [-0.05, 0) is 47.7 Å². The molecule has 0 atom stereocenters. The Morgan fingerprint density at radius 1 is 0.852 bits per heavy atom. The van der Waals surface area contributed by atoms with E-state index in [0.29, 0.717) is 0 Å². The summed E-state index contributed by atoms with van der Waals surface area (Å²) >= 11 is 0. The van der Waals surface area contributed by atoms with Crippen molar-refractivity contribution in [2.75, 3.05) is 0 Å². The van der Waals surface area contributed by atoms with Gasteiger partial charge in [-0.25, -0.2) is 0 Å². The van der Waals surface area contributed by atoms with Gasteiger partial charge in [0.2, 0.25) is 0 Å². The third-order valence-corrected chi connectivity index (χ3v) is 4.86. The molecule has 2 heterocycles. The second-order valence-electron chi connectivity index (χ2n) is 6.50. The lowest BCUT2D eigenvalue weighted by atomic mass is 9.96. The SMILES string of the molecule is CC=C(C=CCC)c1ccnc2c1ccc1c(-c3ccccc3)ccnc12. The van der Waals surface area contributed by atoms with E-state index in [2.05, 4.69) is 90.6 Å². The minimum absolute atomic E-state index is 0.950. The van der Waals surface area contributed by atoms with Gasteiger partial charge in [0.15, 0.2) is 0 Å². The fraction of sp³-hybridized carbons (Fsp3) is 0.120. The molecule has 0 N–H and O–H groups in total. The van der Waals surface area contributed by atoms with E-state index in [1.165, 1.54) is 22.3 Å². The maximum absolute atomic E-state index is 4.69. The number of rotatable bonds is 4. The molecule has 0 bridgehead atoms. The van der Waals surface area contributed by atoms with Gasteiger partial charge in [-0.15, -0.1) is 0 Å². The van der Waals surface area contributed by atoms with Crippen LogP contribution in [0.15, 0.2) is 85.2 Å². The van der Waals surface area contributed by atoms with Gasteiger partial charge in [-0.2, -0.15) is 0 Å². The molecule has 2 nitrogen and oxygen atoms in total. The van der Waals surface area contributed by atoms with E-state index in [1.807, 2.05) is 18.5 Å². The van der Waals surface area contributed by atoms with E-state index in [-0.39, 0.29) is 0 Å². The molecule has 132 valence electrons. The molecule has 0 aliphatic heterocycles. The van der Waals surface area contributed by atoms with Crippen molar-refractivity contribution in [3.8, 4) is 11.1 Å². The fourth-order valence-electron chi connectivity index (χ4n) is 3.54. The lowest BCUT2D eigenvalue weighted by molar-refractivity contribution is 1.22. The lowest BCUT2D eigenvalue weighted by Gasteiger charge is -2.11. The van der Waals surface area contributed by atoms with Crippen LogP contribution in [0.5, 0.6) is 0 Å². The number of allylic oxidation sites excluding steroid dienone is 4. The first-order chi connectivity index (χ1) is 13.3. The second-order valence-corrected chi connectivity index (χ2v) is 6.50. The molecule has 2 aromatic carbocycles. The standard InChI is InChI=1S/C25H22N2/c1-3-5-9-18(4-2)20-14-16-26-24-22(20)12-13-23-21(15-17-27-25(23)24)19-10-7-6-8-11-19/h4-17H,3H2,1-2H3. The second kappa shape index (κ2) is 7.55. The van der Waals surface area contributed by atoms with Crippen molar-refractivity contribution < 1.29 is 0 Å². The van der Waals surface area contributed by atoms with Gasteiger partial charge < -0.3 is 0 Å². The number of hydrogen-bond donors (Lipinski definition) is 0. The van der Waals surface area contributed by atoms with Gasteiger partial charge in [0.1, 0.15) is 0 Å². The molecule has 4 rings (SSSR count). The largest absolute Gasteiger partial charge is 0.254 e. The monoisotopic (exact) mass is 350 g/mol. The van der Waals surface area contributed by atoms with Crippen LogP contribution in [0.2, 0.25) is 0 Å². The number of nitrogens with zero attached hydrogens (tertiary/aromatic N) is 2. The number of aromatic nitrogens is 2. The van der Waals surface area contributed by atoms with Crippen LogP contribution in [0.3, 0.4) is 0 Å². The molecule has 4 aromatic rings. The Morgan fingerprint density at radius 3 is 2.30 bits per heavy atom. The topological polar surface area (TPSA) is 25.8 Å². The summed E-state index contributed by atoms with van der Waals surface area (Å²) in [5.41, 5.74) is 6.69. The highest BCUT2D eigenvalue weighted by Crippen LogP contribution is 2.33. The van der Waals surface area contributed by atoms with Crippen LogP contribution in [0.1, 0.15) is 25.8 Å². The van der Waals surface area contributed by atoms with Crippen molar-refractivity contribution in [1.82, 2.24) is 9.97 Å². The summed E-state index contributed by atoms with van der Waals surface area (Å²) in [5.74, 6) is 0. The number of benzene rings is 2. The molecule has 0 amide bonds. The summed E-state index contributed by atoms with van der Waals surface area (Å²) in [7, 11) is 0. The molecule has 27 heavy (non-hydrogen) atoms. The minimum Gasteiger partial charge on any atom is -0.254 e. The first-order valence-electron chi connectivity index (χ1n) is 9.38. The van der Waals surface area contributed by atoms with E-state index < -0.39 is 0 Å². The smallest absolute Gasteiger partial charge is 0.0970 e. The lowest BCUT2D eigenvalue weighted by Crippen LogP contribution is -1.91. The van der Waals surface area contributed by atoms with E-state index >= 15 is 0 Å². The Labute approximate surface area is 159 Å². The van der Waals surface area contributed by atoms with Crippen LogP contribution < -0.4 is 0 Å².